The predicted octanol–water partition coefficient (Wildman–Crippen LogP) is 5.42. The van der Waals surface area contributed by atoms with Gasteiger partial charge in [-0.1, -0.05) is 46.3 Å². The molecule has 2 aromatic rings. The normalized spacial score (nSPS) is 12.2. The first kappa shape index (κ1) is 22.4. The summed E-state index contributed by atoms with van der Waals surface area (Å²) in [6.07, 6.45) is -0.646. The molecule has 27 heavy (non-hydrogen) atoms. The lowest BCUT2D eigenvalue weighted by Crippen LogP contribution is -2.19. The van der Waals surface area contributed by atoms with E-state index in [-0.39, 0.29) is 4.47 Å². The lowest BCUT2D eigenvalue weighted by atomic mass is 10.1. The Kier molecular flexibility index (Phi) is 8.31. The van der Waals surface area contributed by atoms with Crippen molar-refractivity contribution in [3.63, 3.8) is 0 Å². The van der Waals surface area contributed by atoms with Crippen molar-refractivity contribution in [2.45, 2.75) is 18.1 Å². The van der Waals surface area contributed by atoms with Gasteiger partial charge in [0.2, 0.25) is 0 Å². The van der Waals surface area contributed by atoms with Gasteiger partial charge in [-0.3, -0.25) is 4.57 Å². The molecule has 0 heterocycles. The number of hydrogen-bond acceptors (Lipinski definition) is 3. The fourth-order valence-electron chi connectivity index (χ4n) is 2.35. The summed E-state index contributed by atoms with van der Waals surface area (Å²) in [5, 5.41) is 0. The Labute approximate surface area is 169 Å². The smallest absolute Gasteiger partial charge is 0.331 e. The maximum atomic E-state index is 14.0. The second-order valence-electron chi connectivity index (χ2n) is 5.91. The number of para-hydroxylation sites is 1. The van der Waals surface area contributed by atoms with Crippen molar-refractivity contribution >= 4 is 35.3 Å². The molecule has 0 amide bonds. The van der Waals surface area contributed by atoms with E-state index in [1.807, 2.05) is 30.3 Å². The Morgan fingerprint density at radius 1 is 1.15 bits per heavy atom. The standard InChI is InChI=1S/C18H20BrF2O4PS/c19-17-11-14(7-8-16(17)18(20,21)13-26(22,23)24)12-27-10-4-9-25-15-5-2-1-3-6-15/h1-3,5-8,11H,4,9-10,12-13H2,(H2,22,23,24). The van der Waals surface area contributed by atoms with Crippen LogP contribution in [0.2, 0.25) is 0 Å². The molecule has 9 heteroatoms. The van der Waals surface area contributed by atoms with Gasteiger partial charge >= 0.3 is 7.60 Å². The van der Waals surface area contributed by atoms with Crippen LogP contribution in [0.4, 0.5) is 8.78 Å². The fourth-order valence-corrected chi connectivity index (χ4v) is 4.63. The van der Waals surface area contributed by atoms with Gasteiger partial charge in [0.25, 0.3) is 5.92 Å². The van der Waals surface area contributed by atoms with Gasteiger partial charge in [-0.05, 0) is 35.9 Å². The van der Waals surface area contributed by atoms with Crippen molar-refractivity contribution in [3.05, 3.63) is 64.1 Å². The van der Waals surface area contributed by atoms with E-state index >= 15 is 0 Å². The first-order valence-electron chi connectivity index (χ1n) is 8.14. The number of thioether (sulfide) groups is 1. The summed E-state index contributed by atoms with van der Waals surface area (Å²) in [5.74, 6) is -1.26. The van der Waals surface area contributed by atoms with Crippen LogP contribution >= 0.6 is 35.3 Å². The summed E-state index contributed by atoms with van der Waals surface area (Å²) in [5.41, 5.74) is 0.433. The van der Waals surface area contributed by atoms with Gasteiger partial charge in [-0.2, -0.15) is 11.8 Å². The largest absolute Gasteiger partial charge is 0.494 e. The van der Waals surface area contributed by atoms with Crippen LogP contribution in [0.1, 0.15) is 17.5 Å². The van der Waals surface area contributed by atoms with Crippen LogP contribution in [0.25, 0.3) is 0 Å². The number of benzene rings is 2. The Bertz CT molecular complexity index is 786. The molecule has 2 aromatic carbocycles. The second kappa shape index (κ2) is 10.0. The molecule has 2 N–H and O–H groups in total. The van der Waals surface area contributed by atoms with Crippen LogP contribution in [0.15, 0.2) is 53.0 Å². The maximum Gasteiger partial charge on any atom is 0.331 e. The number of ether oxygens (including phenoxy) is 1. The SMILES string of the molecule is O=P(O)(O)CC(F)(F)c1ccc(CSCCCOc2ccccc2)cc1Br. The molecule has 0 saturated carbocycles. The summed E-state index contributed by atoms with van der Waals surface area (Å²) >= 11 is 4.75. The zero-order valence-electron chi connectivity index (χ0n) is 14.4. The van der Waals surface area contributed by atoms with Crippen LogP contribution in [0.3, 0.4) is 0 Å². The molecule has 0 aliphatic rings. The van der Waals surface area contributed by atoms with Gasteiger partial charge in [-0.25, -0.2) is 8.78 Å². The van der Waals surface area contributed by atoms with Gasteiger partial charge in [0, 0.05) is 15.8 Å². The van der Waals surface area contributed by atoms with Crippen LogP contribution < -0.4 is 4.74 Å². The van der Waals surface area contributed by atoms with Crippen LogP contribution in [0, 0.1) is 0 Å². The summed E-state index contributed by atoms with van der Waals surface area (Å²) in [6.45, 7) is 0.605. The van der Waals surface area contributed by atoms with E-state index in [0.29, 0.717) is 12.4 Å². The second-order valence-corrected chi connectivity index (χ2v) is 9.51. The van der Waals surface area contributed by atoms with Crippen LogP contribution in [0.5, 0.6) is 5.75 Å². The molecule has 0 aliphatic heterocycles. The number of alkyl halides is 2. The molecule has 0 atom stereocenters. The molecular formula is C18H20BrF2O4PS. The molecule has 0 radical (unpaired) electrons. The van der Waals surface area contributed by atoms with E-state index in [1.165, 1.54) is 6.07 Å². The summed E-state index contributed by atoms with van der Waals surface area (Å²) in [7, 11) is -4.82. The van der Waals surface area contributed by atoms with Crippen molar-refractivity contribution in [1.82, 2.24) is 0 Å². The molecule has 4 nitrogen and oxygen atoms in total. The highest BCUT2D eigenvalue weighted by Gasteiger charge is 2.40. The molecule has 0 aliphatic carbocycles. The zero-order chi connectivity index (χ0) is 19.9. The topological polar surface area (TPSA) is 66.8 Å². The van der Waals surface area contributed by atoms with Gasteiger partial charge in [-0.15, -0.1) is 0 Å². The van der Waals surface area contributed by atoms with E-state index in [9.17, 15) is 13.3 Å². The third kappa shape index (κ3) is 7.92. The molecule has 0 bridgehead atoms. The average Bonchev–Trinajstić information content (AvgIpc) is 2.56. The van der Waals surface area contributed by atoms with E-state index in [2.05, 4.69) is 15.9 Å². The number of hydrogen-bond donors (Lipinski definition) is 2. The van der Waals surface area contributed by atoms with Gasteiger partial charge in [0.15, 0.2) is 0 Å². The maximum absolute atomic E-state index is 14.0. The van der Waals surface area contributed by atoms with Crippen LogP contribution in [-0.4, -0.2) is 28.3 Å². The van der Waals surface area contributed by atoms with Gasteiger partial charge in [0.1, 0.15) is 11.9 Å². The Balaban J connectivity index is 1.79. The number of rotatable bonds is 10. The predicted molar refractivity (Wildman–Crippen MR) is 108 cm³/mol. The highest BCUT2D eigenvalue weighted by molar-refractivity contribution is 9.10. The summed E-state index contributed by atoms with van der Waals surface area (Å²) in [4.78, 5) is 17.6. The number of halogens is 3. The molecule has 0 saturated heterocycles. The summed E-state index contributed by atoms with van der Waals surface area (Å²) < 4.78 is 44.7. The van der Waals surface area contributed by atoms with Crippen molar-refractivity contribution < 1.29 is 27.9 Å². The monoisotopic (exact) mass is 480 g/mol. The lowest BCUT2D eigenvalue weighted by molar-refractivity contribution is 0.0158. The third-order valence-electron chi connectivity index (χ3n) is 3.55. The molecule has 0 unspecified atom stereocenters. The fraction of sp³-hybridized carbons (Fsp3) is 0.333. The minimum atomic E-state index is -4.82. The summed E-state index contributed by atoms with van der Waals surface area (Å²) in [6, 6.07) is 13.9. The van der Waals surface area contributed by atoms with E-state index in [1.54, 1.807) is 23.9 Å². The Hall–Kier alpha value is -0.920. The highest BCUT2D eigenvalue weighted by atomic mass is 79.9. The Morgan fingerprint density at radius 3 is 2.48 bits per heavy atom. The quantitative estimate of drug-likeness (QED) is 0.351. The van der Waals surface area contributed by atoms with Crippen molar-refractivity contribution in [2.24, 2.45) is 0 Å². The Morgan fingerprint density at radius 2 is 1.85 bits per heavy atom. The molecule has 148 valence electrons. The molecule has 0 fully saturated rings. The van der Waals surface area contributed by atoms with Crippen molar-refractivity contribution in [3.8, 4) is 5.75 Å². The third-order valence-corrected chi connectivity index (χ3v) is 6.13. The van der Waals surface area contributed by atoms with Crippen LogP contribution in [-0.2, 0) is 16.2 Å². The first-order chi connectivity index (χ1) is 12.7. The molecular weight excluding hydrogens is 461 g/mol. The molecule has 0 aromatic heterocycles. The van der Waals surface area contributed by atoms with E-state index in [0.717, 1.165) is 23.5 Å². The lowest BCUT2D eigenvalue weighted by Gasteiger charge is -2.19. The minimum absolute atomic E-state index is 0.145. The van der Waals surface area contributed by atoms with Crippen molar-refractivity contribution in [2.75, 3.05) is 18.5 Å². The van der Waals surface area contributed by atoms with E-state index < -0.39 is 25.2 Å². The van der Waals surface area contributed by atoms with E-state index in [4.69, 9.17) is 14.5 Å². The molecule has 2 rings (SSSR count). The zero-order valence-corrected chi connectivity index (χ0v) is 17.7. The van der Waals surface area contributed by atoms with Crippen molar-refractivity contribution in [1.29, 1.82) is 0 Å². The highest BCUT2D eigenvalue weighted by Crippen LogP contribution is 2.46. The minimum Gasteiger partial charge on any atom is -0.494 e. The van der Waals surface area contributed by atoms with Gasteiger partial charge < -0.3 is 14.5 Å². The average molecular weight is 481 g/mol. The molecule has 0 spiro atoms. The van der Waals surface area contributed by atoms with Gasteiger partial charge in [0.05, 0.1) is 6.61 Å². The first-order valence-corrected chi connectivity index (χ1v) is 11.9.